The zero-order chi connectivity index (χ0) is 42.3. The van der Waals surface area contributed by atoms with Crippen molar-refractivity contribution in [2.24, 2.45) is 4.99 Å². The summed E-state index contributed by atoms with van der Waals surface area (Å²) in [5.41, 5.74) is 15.0. The normalized spacial score (nSPS) is 17.8. The fraction of sp³-hybridized carbons (Fsp3) is 0.102. The first kappa shape index (κ1) is 35.7. The summed E-state index contributed by atoms with van der Waals surface area (Å²) >= 11 is 0. The van der Waals surface area contributed by atoms with Crippen LogP contribution in [0.4, 0.5) is 0 Å². The molecule has 4 heterocycles. The lowest BCUT2D eigenvalue weighted by Crippen LogP contribution is -2.49. The van der Waals surface area contributed by atoms with E-state index < -0.39 is 0 Å². The minimum atomic E-state index is -0.239. The Morgan fingerprint density at radius 2 is 1.28 bits per heavy atom. The number of allylic oxidation sites excluding steroid dienone is 1. The third kappa shape index (κ3) is 4.98. The van der Waals surface area contributed by atoms with Crippen molar-refractivity contribution >= 4 is 88.0 Å². The summed E-state index contributed by atoms with van der Waals surface area (Å²) in [6.45, 7) is 5.40. The Morgan fingerprint density at radius 1 is 0.562 bits per heavy atom. The van der Waals surface area contributed by atoms with Crippen LogP contribution in [0, 0.1) is 0 Å². The molecular weight excluding hydrogens is 781 g/mol. The summed E-state index contributed by atoms with van der Waals surface area (Å²) < 4.78 is 8.72. The van der Waals surface area contributed by atoms with Gasteiger partial charge in [-0.2, -0.15) is 0 Å². The molecule has 5 heteroatoms. The van der Waals surface area contributed by atoms with Crippen LogP contribution in [0.15, 0.2) is 197 Å². The summed E-state index contributed by atoms with van der Waals surface area (Å²) in [6, 6.07) is 62.4. The second kappa shape index (κ2) is 13.1. The zero-order valence-corrected chi connectivity index (χ0v) is 35.5. The molecular formula is C59H42N4O. The monoisotopic (exact) mass is 822 g/mol. The largest absolute Gasteiger partial charge is 0.456 e. The van der Waals surface area contributed by atoms with E-state index >= 15 is 0 Å². The predicted octanol–water partition coefficient (Wildman–Crippen LogP) is 14.1. The van der Waals surface area contributed by atoms with Gasteiger partial charge in [-0.3, -0.25) is 4.99 Å². The number of hydrogen-bond donors (Lipinski definition) is 2. The van der Waals surface area contributed by atoms with Crippen LogP contribution in [0.3, 0.4) is 0 Å². The molecule has 2 aromatic heterocycles. The van der Waals surface area contributed by atoms with Crippen molar-refractivity contribution in [3.05, 3.63) is 204 Å². The molecule has 64 heavy (non-hydrogen) atoms. The molecule has 2 atom stereocenters. The van der Waals surface area contributed by atoms with Gasteiger partial charge in [0.25, 0.3) is 0 Å². The molecule has 11 aromatic rings. The quantitative estimate of drug-likeness (QED) is 0.186. The Labute approximate surface area is 369 Å². The van der Waals surface area contributed by atoms with Crippen molar-refractivity contribution in [2.45, 2.75) is 31.3 Å². The topological polar surface area (TPSA) is 54.5 Å². The number of nitrogens with zero attached hydrogens (tertiary/aromatic N) is 2. The van der Waals surface area contributed by atoms with Crippen molar-refractivity contribution in [2.75, 3.05) is 6.54 Å². The Kier molecular flexibility index (Phi) is 7.29. The highest BCUT2D eigenvalue weighted by atomic mass is 16.3. The zero-order valence-electron chi connectivity index (χ0n) is 35.5. The molecule has 0 radical (unpaired) electrons. The lowest BCUT2D eigenvalue weighted by Gasteiger charge is -2.40. The Morgan fingerprint density at radius 3 is 2.12 bits per heavy atom. The number of furan rings is 1. The van der Waals surface area contributed by atoms with E-state index in [0.29, 0.717) is 6.54 Å². The maximum atomic E-state index is 6.21. The molecule has 1 aliphatic carbocycles. The highest BCUT2D eigenvalue weighted by Crippen LogP contribution is 2.50. The highest BCUT2D eigenvalue weighted by Gasteiger charge is 2.45. The van der Waals surface area contributed by atoms with Gasteiger partial charge in [0.05, 0.1) is 41.0 Å². The minimum Gasteiger partial charge on any atom is -0.456 e. The molecule has 0 saturated heterocycles. The van der Waals surface area contributed by atoms with E-state index in [-0.39, 0.29) is 17.5 Å². The second-order valence-corrected chi connectivity index (χ2v) is 18.3. The molecule has 9 aromatic carbocycles. The Bertz CT molecular complexity index is 3930. The molecule has 304 valence electrons. The fourth-order valence-electron chi connectivity index (χ4n) is 11.5. The number of rotatable bonds is 4. The average Bonchev–Trinajstić information content (AvgIpc) is 4.12. The number of aromatic nitrogens is 1. The van der Waals surface area contributed by atoms with E-state index in [1.165, 1.54) is 105 Å². The first-order valence-corrected chi connectivity index (χ1v) is 22.4. The molecule has 0 bridgehead atoms. The van der Waals surface area contributed by atoms with Crippen LogP contribution in [-0.2, 0) is 5.41 Å². The lowest BCUT2D eigenvalue weighted by molar-refractivity contribution is 0.437. The molecule has 2 N–H and O–H groups in total. The molecule has 5 nitrogen and oxygen atoms in total. The molecule has 2 unspecified atom stereocenters. The van der Waals surface area contributed by atoms with Crippen molar-refractivity contribution in [3.8, 4) is 16.8 Å². The third-order valence-electron chi connectivity index (χ3n) is 14.5. The van der Waals surface area contributed by atoms with Gasteiger partial charge in [0.1, 0.15) is 11.2 Å². The van der Waals surface area contributed by atoms with Gasteiger partial charge >= 0.3 is 0 Å². The van der Waals surface area contributed by atoms with Crippen molar-refractivity contribution in [3.63, 3.8) is 0 Å². The molecule has 0 amide bonds. The number of hydrogen-bond acceptors (Lipinski definition) is 4. The van der Waals surface area contributed by atoms with E-state index in [2.05, 4.69) is 199 Å². The van der Waals surface area contributed by atoms with Crippen LogP contribution >= 0.6 is 0 Å². The Hall–Kier alpha value is -7.89. The minimum absolute atomic E-state index is 0.0324. The smallest absolute Gasteiger partial charge is 0.135 e. The van der Waals surface area contributed by atoms with E-state index in [1.807, 2.05) is 12.1 Å². The summed E-state index contributed by atoms with van der Waals surface area (Å²) in [7, 11) is 0. The van der Waals surface area contributed by atoms with Gasteiger partial charge in [0, 0.05) is 49.8 Å². The van der Waals surface area contributed by atoms with Crippen molar-refractivity contribution in [1.29, 1.82) is 0 Å². The van der Waals surface area contributed by atoms with Gasteiger partial charge in [-0.15, -0.1) is 0 Å². The summed E-state index contributed by atoms with van der Waals surface area (Å²) in [5, 5.41) is 20.7. The third-order valence-corrected chi connectivity index (χ3v) is 14.5. The van der Waals surface area contributed by atoms with Gasteiger partial charge < -0.3 is 19.6 Å². The first-order chi connectivity index (χ1) is 31.5. The summed E-state index contributed by atoms with van der Waals surface area (Å²) in [4.78, 5) is 4.71. The van der Waals surface area contributed by atoms with Crippen LogP contribution in [0.25, 0.3) is 98.6 Å². The SMILES string of the molecule is CC1(C)C2=C(NC(c3ccc(-n4c5cc6ccccc6cc5c5c6ccccc6ccc54)c4ccccc34)C(C3=CCN=C3)N2)c2cc(-c3ccc4oc5ccccc5c4c3)ccc21. The number of aliphatic imine (C=N–C) groups is 1. The van der Waals surface area contributed by atoms with Crippen LogP contribution in [0.1, 0.15) is 36.6 Å². The maximum absolute atomic E-state index is 6.21. The lowest BCUT2D eigenvalue weighted by atomic mass is 9.82. The second-order valence-electron chi connectivity index (χ2n) is 18.3. The van der Waals surface area contributed by atoms with Gasteiger partial charge in [-0.05, 0) is 103 Å². The summed E-state index contributed by atoms with van der Waals surface area (Å²) in [6.07, 6.45) is 4.36. The standard InChI is InChI=1S/C59H42N4O/c1-59(2)48-23-19-37(38-21-26-53-45(29-38)43-17-9-10-18-52(43)64-53)30-46(48)57-58(59)62-55(39-27-28-60-33-39)56(61-57)44-22-25-49(42-16-8-7-15-41(42)44)63-50-24-20-34-11-5-6-14-40(34)54(50)47-31-35-12-3-4-13-36(35)32-51(47)63/h3-27,29-33,55-56,61-62H,28H2,1-2H3. The number of para-hydroxylation sites is 1. The van der Waals surface area contributed by atoms with Gasteiger partial charge in [-0.25, -0.2) is 0 Å². The number of nitrogens with one attached hydrogen (secondary N) is 2. The molecule has 0 spiro atoms. The van der Waals surface area contributed by atoms with E-state index in [4.69, 9.17) is 9.41 Å². The van der Waals surface area contributed by atoms with Crippen LogP contribution in [0.2, 0.25) is 0 Å². The highest BCUT2D eigenvalue weighted by molar-refractivity contribution is 6.23. The average molecular weight is 823 g/mol. The molecule has 0 fully saturated rings. The number of fused-ring (bicyclic) bond motifs is 12. The first-order valence-electron chi connectivity index (χ1n) is 22.4. The molecule has 3 aliphatic rings. The summed E-state index contributed by atoms with van der Waals surface area (Å²) in [5.74, 6) is 0. The number of benzene rings is 9. The van der Waals surface area contributed by atoms with Crippen LogP contribution in [-0.4, -0.2) is 23.4 Å². The van der Waals surface area contributed by atoms with Gasteiger partial charge in [-0.1, -0.05) is 141 Å². The fourth-order valence-corrected chi connectivity index (χ4v) is 11.5. The van der Waals surface area contributed by atoms with E-state index in [1.54, 1.807) is 0 Å². The molecule has 0 saturated carbocycles. The van der Waals surface area contributed by atoms with E-state index in [9.17, 15) is 0 Å². The van der Waals surface area contributed by atoms with Crippen LogP contribution < -0.4 is 10.6 Å². The Balaban J connectivity index is 0.946. The van der Waals surface area contributed by atoms with Crippen molar-refractivity contribution in [1.82, 2.24) is 15.2 Å². The van der Waals surface area contributed by atoms with E-state index in [0.717, 1.165) is 21.9 Å². The van der Waals surface area contributed by atoms with Gasteiger partial charge in [0.2, 0.25) is 0 Å². The molecule has 14 rings (SSSR count). The maximum Gasteiger partial charge on any atom is 0.135 e. The van der Waals surface area contributed by atoms with Gasteiger partial charge in [0.15, 0.2) is 0 Å². The van der Waals surface area contributed by atoms with Crippen molar-refractivity contribution < 1.29 is 4.42 Å². The van der Waals surface area contributed by atoms with Crippen LogP contribution in [0.5, 0.6) is 0 Å². The predicted molar refractivity (Wildman–Crippen MR) is 267 cm³/mol. The molecule has 2 aliphatic heterocycles.